The molecule has 0 spiro atoms. The van der Waals surface area contributed by atoms with E-state index in [1.54, 1.807) is 0 Å². The van der Waals surface area contributed by atoms with Crippen LogP contribution in [0.4, 0.5) is 5.69 Å². The molecule has 0 N–H and O–H groups in total. The van der Waals surface area contributed by atoms with Crippen molar-refractivity contribution in [1.82, 2.24) is 0 Å². The molecule has 17 heavy (non-hydrogen) atoms. The zero-order valence-corrected chi connectivity index (χ0v) is 11.0. The molecule has 1 aromatic carbocycles. The summed E-state index contributed by atoms with van der Waals surface area (Å²) in [5.41, 5.74) is 3.83. The van der Waals surface area contributed by atoms with Gasteiger partial charge in [-0.15, -0.1) is 0 Å². The van der Waals surface area contributed by atoms with Gasteiger partial charge in [-0.2, -0.15) is 0 Å². The Morgan fingerprint density at radius 1 is 1.18 bits per heavy atom. The fourth-order valence-electron chi connectivity index (χ4n) is 2.03. The molecule has 2 rings (SSSR count). The minimum absolute atomic E-state index is 0.209. The smallest absolute Gasteiger partial charge is 0.0862 e. The summed E-state index contributed by atoms with van der Waals surface area (Å²) >= 11 is 0. The third-order valence-electron chi connectivity index (χ3n) is 3.15. The van der Waals surface area contributed by atoms with Crippen molar-refractivity contribution < 1.29 is 4.74 Å². The average Bonchev–Trinajstić information content (AvgIpc) is 2.29. The lowest BCUT2D eigenvalue weighted by molar-refractivity contribution is 0.143. The summed E-state index contributed by atoms with van der Waals surface area (Å²) in [6, 6.07) is 8.77. The molecule has 0 amide bonds. The molecule has 0 aliphatic carbocycles. The highest BCUT2D eigenvalue weighted by atomic mass is 16.5. The van der Waals surface area contributed by atoms with Gasteiger partial charge in [0.25, 0.3) is 0 Å². The van der Waals surface area contributed by atoms with E-state index in [0.717, 1.165) is 18.8 Å². The Labute approximate surface area is 104 Å². The Balaban J connectivity index is 2.20. The van der Waals surface area contributed by atoms with Gasteiger partial charge in [-0.3, -0.25) is 0 Å². The van der Waals surface area contributed by atoms with Crippen LogP contribution in [0.2, 0.25) is 0 Å². The minimum atomic E-state index is 0.209. The number of morpholine rings is 1. The van der Waals surface area contributed by atoms with Crippen molar-refractivity contribution in [1.29, 1.82) is 0 Å². The summed E-state index contributed by atoms with van der Waals surface area (Å²) < 4.78 is 5.37. The van der Waals surface area contributed by atoms with Gasteiger partial charge in [0.2, 0.25) is 0 Å². The van der Waals surface area contributed by atoms with E-state index in [1.807, 2.05) is 0 Å². The van der Waals surface area contributed by atoms with Crippen LogP contribution in [0.15, 0.2) is 36.5 Å². The molecule has 2 heteroatoms. The van der Waals surface area contributed by atoms with Crippen LogP contribution in [0, 0.1) is 0 Å². The van der Waals surface area contributed by atoms with Crippen LogP contribution in [-0.2, 0) is 10.2 Å². The second kappa shape index (κ2) is 4.53. The molecule has 2 nitrogen and oxygen atoms in total. The Bertz CT molecular complexity index is 400. The van der Waals surface area contributed by atoms with Crippen molar-refractivity contribution >= 4 is 5.69 Å². The predicted octanol–water partition coefficient (Wildman–Crippen LogP) is 3.33. The van der Waals surface area contributed by atoms with Crippen LogP contribution in [0.3, 0.4) is 0 Å². The fourth-order valence-corrected chi connectivity index (χ4v) is 2.03. The number of nitrogens with zero attached hydrogens (tertiary/aromatic N) is 1. The van der Waals surface area contributed by atoms with E-state index >= 15 is 0 Å². The molecule has 92 valence electrons. The second-order valence-corrected chi connectivity index (χ2v) is 5.57. The maximum atomic E-state index is 5.37. The SMILES string of the molecule is C=C1COCCN1c1ccc(C(C)(C)C)cc1. The van der Waals surface area contributed by atoms with Gasteiger partial charge in [-0.05, 0) is 23.1 Å². The van der Waals surface area contributed by atoms with Crippen molar-refractivity contribution in [2.45, 2.75) is 26.2 Å². The first kappa shape index (κ1) is 12.2. The van der Waals surface area contributed by atoms with Crippen LogP contribution < -0.4 is 4.90 Å². The molecule has 1 saturated heterocycles. The molecule has 0 saturated carbocycles. The molecule has 0 bridgehead atoms. The number of hydrogen-bond donors (Lipinski definition) is 0. The maximum Gasteiger partial charge on any atom is 0.0862 e. The zero-order valence-electron chi connectivity index (χ0n) is 11.0. The quantitative estimate of drug-likeness (QED) is 0.735. The minimum Gasteiger partial charge on any atom is -0.373 e. The summed E-state index contributed by atoms with van der Waals surface area (Å²) in [5.74, 6) is 0. The molecule has 0 radical (unpaired) electrons. The third-order valence-corrected chi connectivity index (χ3v) is 3.15. The van der Waals surface area contributed by atoms with Gasteiger partial charge in [0, 0.05) is 17.9 Å². The van der Waals surface area contributed by atoms with Crippen molar-refractivity contribution in [3.05, 3.63) is 42.1 Å². The Hall–Kier alpha value is -1.28. The molecule has 1 aromatic rings. The van der Waals surface area contributed by atoms with E-state index in [-0.39, 0.29) is 5.41 Å². The topological polar surface area (TPSA) is 12.5 Å². The highest BCUT2D eigenvalue weighted by Gasteiger charge is 2.17. The molecular weight excluding hydrogens is 210 g/mol. The standard InChI is InChI=1S/C15H21NO/c1-12-11-17-10-9-16(12)14-7-5-13(6-8-14)15(2,3)4/h5-8H,1,9-11H2,2-4H3. The molecule has 0 unspecified atom stereocenters. The van der Waals surface area contributed by atoms with E-state index in [2.05, 4.69) is 56.5 Å². The van der Waals surface area contributed by atoms with Crippen molar-refractivity contribution in [2.24, 2.45) is 0 Å². The van der Waals surface area contributed by atoms with Gasteiger partial charge in [0.1, 0.15) is 0 Å². The number of hydrogen-bond acceptors (Lipinski definition) is 2. The van der Waals surface area contributed by atoms with Gasteiger partial charge >= 0.3 is 0 Å². The van der Waals surface area contributed by atoms with E-state index in [0.29, 0.717) is 6.61 Å². The summed E-state index contributed by atoms with van der Waals surface area (Å²) in [4.78, 5) is 2.23. The first-order valence-electron chi connectivity index (χ1n) is 6.12. The van der Waals surface area contributed by atoms with Gasteiger partial charge < -0.3 is 9.64 Å². The molecule has 1 aliphatic rings. The Kier molecular flexibility index (Phi) is 3.25. The van der Waals surface area contributed by atoms with Crippen LogP contribution in [0.25, 0.3) is 0 Å². The van der Waals surface area contributed by atoms with Gasteiger partial charge in [-0.1, -0.05) is 39.5 Å². The molecule has 1 aliphatic heterocycles. The normalized spacial score (nSPS) is 17.4. The zero-order chi connectivity index (χ0) is 12.5. The summed E-state index contributed by atoms with van der Waals surface area (Å²) in [7, 11) is 0. The highest BCUT2D eigenvalue weighted by Crippen LogP contribution is 2.26. The first-order valence-corrected chi connectivity index (χ1v) is 6.12. The van der Waals surface area contributed by atoms with E-state index in [9.17, 15) is 0 Å². The number of benzene rings is 1. The van der Waals surface area contributed by atoms with E-state index in [1.165, 1.54) is 11.3 Å². The van der Waals surface area contributed by atoms with Crippen molar-refractivity contribution in [3.63, 3.8) is 0 Å². The monoisotopic (exact) mass is 231 g/mol. The predicted molar refractivity (Wildman–Crippen MR) is 72.4 cm³/mol. The summed E-state index contributed by atoms with van der Waals surface area (Å²) in [6.45, 7) is 13.1. The number of anilines is 1. The van der Waals surface area contributed by atoms with Crippen LogP contribution in [-0.4, -0.2) is 19.8 Å². The fraction of sp³-hybridized carbons (Fsp3) is 0.467. The maximum absolute atomic E-state index is 5.37. The molecule has 1 heterocycles. The average molecular weight is 231 g/mol. The lowest BCUT2D eigenvalue weighted by atomic mass is 9.87. The first-order chi connectivity index (χ1) is 7.98. The van der Waals surface area contributed by atoms with Crippen LogP contribution in [0.5, 0.6) is 0 Å². The molecular formula is C15H21NO. The number of ether oxygens (including phenoxy) is 1. The highest BCUT2D eigenvalue weighted by molar-refractivity contribution is 5.53. The lowest BCUT2D eigenvalue weighted by Gasteiger charge is -2.31. The molecule has 1 fully saturated rings. The van der Waals surface area contributed by atoms with Gasteiger partial charge in [0.05, 0.1) is 13.2 Å². The van der Waals surface area contributed by atoms with Gasteiger partial charge in [0.15, 0.2) is 0 Å². The molecule has 0 aromatic heterocycles. The van der Waals surface area contributed by atoms with Crippen LogP contribution >= 0.6 is 0 Å². The molecule has 0 atom stereocenters. The van der Waals surface area contributed by atoms with E-state index < -0.39 is 0 Å². The number of rotatable bonds is 1. The Morgan fingerprint density at radius 2 is 1.82 bits per heavy atom. The van der Waals surface area contributed by atoms with Crippen LogP contribution in [0.1, 0.15) is 26.3 Å². The second-order valence-electron chi connectivity index (χ2n) is 5.57. The Morgan fingerprint density at radius 3 is 2.35 bits per heavy atom. The summed E-state index contributed by atoms with van der Waals surface area (Å²) in [5, 5.41) is 0. The lowest BCUT2D eigenvalue weighted by Crippen LogP contribution is -2.33. The van der Waals surface area contributed by atoms with Crippen molar-refractivity contribution in [3.8, 4) is 0 Å². The largest absolute Gasteiger partial charge is 0.373 e. The van der Waals surface area contributed by atoms with E-state index in [4.69, 9.17) is 4.74 Å². The summed E-state index contributed by atoms with van der Waals surface area (Å²) in [6.07, 6.45) is 0. The van der Waals surface area contributed by atoms with Gasteiger partial charge in [-0.25, -0.2) is 0 Å². The van der Waals surface area contributed by atoms with Crippen molar-refractivity contribution in [2.75, 3.05) is 24.7 Å². The third kappa shape index (κ3) is 2.70.